The summed E-state index contributed by atoms with van der Waals surface area (Å²) in [5, 5.41) is 9.43. The summed E-state index contributed by atoms with van der Waals surface area (Å²) in [6.07, 6.45) is 0.845. The predicted octanol–water partition coefficient (Wildman–Crippen LogP) is 2.54. The highest BCUT2D eigenvalue weighted by Crippen LogP contribution is 2.22. The van der Waals surface area contributed by atoms with Crippen LogP contribution in [0.25, 0.3) is 0 Å². The first-order chi connectivity index (χ1) is 8.99. The molecule has 0 radical (unpaired) electrons. The van der Waals surface area contributed by atoms with Gasteiger partial charge in [-0.15, -0.1) is 0 Å². The van der Waals surface area contributed by atoms with Crippen LogP contribution in [0.15, 0.2) is 0 Å². The second kappa shape index (κ2) is 5.17. The normalized spacial score (nSPS) is 11.0. The van der Waals surface area contributed by atoms with Crippen LogP contribution in [-0.2, 0) is 13.1 Å². The third-order valence-corrected chi connectivity index (χ3v) is 3.80. The van der Waals surface area contributed by atoms with E-state index in [0.29, 0.717) is 17.1 Å². The van der Waals surface area contributed by atoms with E-state index < -0.39 is 0 Å². The van der Waals surface area contributed by atoms with Crippen LogP contribution in [0.3, 0.4) is 0 Å². The molecule has 2 aromatic rings. The van der Waals surface area contributed by atoms with Gasteiger partial charge >= 0.3 is 0 Å². The van der Waals surface area contributed by atoms with Crippen molar-refractivity contribution in [3.05, 3.63) is 33.4 Å². The van der Waals surface area contributed by atoms with Gasteiger partial charge in [0.05, 0.1) is 34.2 Å². The lowest BCUT2D eigenvalue weighted by atomic mass is 10.2. The molecule has 102 valence electrons. The van der Waals surface area contributed by atoms with Gasteiger partial charge in [0.1, 0.15) is 0 Å². The van der Waals surface area contributed by atoms with E-state index >= 15 is 0 Å². The number of aldehydes is 1. The average molecular weight is 281 g/mol. The molecule has 0 amide bonds. The minimum absolute atomic E-state index is 0.522. The molecule has 0 spiro atoms. The van der Waals surface area contributed by atoms with Crippen LogP contribution >= 0.6 is 11.6 Å². The number of aryl methyl sites for hydroxylation is 3. The maximum atomic E-state index is 11.0. The Morgan fingerprint density at radius 1 is 1.16 bits per heavy atom. The number of hydrogen-bond acceptors (Lipinski definition) is 3. The molecule has 19 heavy (non-hydrogen) atoms. The van der Waals surface area contributed by atoms with Crippen LogP contribution in [0.1, 0.15) is 40.1 Å². The molecule has 0 bridgehead atoms. The lowest BCUT2D eigenvalue weighted by molar-refractivity contribution is 0.112. The third kappa shape index (κ3) is 2.30. The SMILES string of the molecule is CCn1nc(C)c(Cl)c1Cn1nc(C)c(C=O)c1C. The van der Waals surface area contributed by atoms with Crippen LogP contribution in [0.2, 0.25) is 5.02 Å². The molecule has 0 aromatic carbocycles. The van der Waals surface area contributed by atoms with Crippen molar-refractivity contribution in [3.8, 4) is 0 Å². The summed E-state index contributed by atoms with van der Waals surface area (Å²) in [4.78, 5) is 11.0. The molecule has 6 heteroatoms. The molecule has 2 rings (SSSR count). The summed E-state index contributed by atoms with van der Waals surface area (Å²) in [6, 6.07) is 0. The van der Waals surface area contributed by atoms with Crippen molar-refractivity contribution in [3.63, 3.8) is 0 Å². The topological polar surface area (TPSA) is 52.7 Å². The molecular weight excluding hydrogens is 264 g/mol. The van der Waals surface area contributed by atoms with Crippen molar-refractivity contribution in [1.82, 2.24) is 19.6 Å². The highest BCUT2D eigenvalue weighted by Gasteiger charge is 2.16. The molecule has 5 nitrogen and oxygen atoms in total. The van der Waals surface area contributed by atoms with Gasteiger partial charge in [0, 0.05) is 12.2 Å². The molecule has 0 fully saturated rings. The molecule has 2 aromatic heterocycles. The summed E-state index contributed by atoms with van der Waals surface area (Å²) in [7, 11) is 0. The quantitative estimate of drug-likeness (QED) is 0.809. The molecule has 2 heterocycles. The van der Waals surface area contributed by atoms with Gasteiger partial charge in [-0.3, -0.25) is 14.2 Å². The standard InChI is InChI=1S/C13H17ClN4O/c1-5-17-12(13(14)9(3)16-17)6-18-10(4)11(7-19)8(2)15-18/h7H,5-6H2,1-4H3. The average Bonchev–Trinajstić information content (AvgIpc) is 2.80. The van der Waals surface area contributed by atoms with Gasteiger partial charge in [-0.25, -0.2) is 0 Å². The Balaban J connectivity index is 2.44. The number of aromatic nitrogens is 4. The zero-order chi connectivity index (χ0) is 14.2. The van der Waals surface area contributed by atoms with Crippen molar-refractivity contribution in [2.24, 2.45) is 0 Å². The Morgan fingerprint density at radius 3 is 2.32 bits per heavy atom. The summed E-state index contributed by atoms with van der Waals surface area (Å²) in [6.45, 7) is 8.89. The molecule has 0 aliphatic carbocycles. The Bertz CT molecular complexity index is 627. The van der Waals surface area contributed by atoms with Gasteiger partial charge < -0.3 is 0 Å². The van der Waals surface area contributed by atoms with Gasteiger partial charge in [-0.1, -0.05) is 11.6 Å². The van der Waals surface area contributed by atoms with E-state index in [0.717, 1.165) is 35.6 Å². The number of hydrogen-bond donors (Lipinski definition) is 0. The largest absolute Gasteiger partial charge is 0.298 e. The van der Waals surface area contributed by atoms with E-state index in [1.807, 2.05) is 32.4 Å². The van der Waals surface area contributed by atoms with Gasteiger partial charge in [-0.2, -0.15) is 10.2 Å². The molecule has 0 saturated heterocycles. The zero-order valence-corrected chi connectivity index (χ0v) is 12.3. The van der Waals surface area contributed by atoms with Crippen molar-refractivity contribution >= 4 is 17.9 Å². The summed E-state index contributed by atoms with van der Waals surface area (Å²) in [5.41, 5.74) is 3.98. The predicted molar refractivity (Wildman–Crippen MR) is 73.8 cm³/mol. The van der Waals surface area contributed by atoms with Gasteiger partial charge in [-0.05, 0) is 27.7 Å². The molecule has 0 aliphatic heterocycles. The third-order valence-electron chi connectivity index (χ3n) is 3.31. The number of halogens is 1. The number of rotatable bonds is 4. The van der Waals surface area contributed by atoms with Crippen LogP contribution in [0.5, 0.6) is 0 Å². The minimum atomic E-state index is 0.522. The lowest BCUT2D eigenvalue weighted by Crippen LogP contribution is -2.10. The highest BCUT2D eigenvalue weighted by molar-refractivity contribution is 6.31. The van der Waals surface area contributed by atoms with Crippen molar-refractivity contribution < 1.29 is 4.79 Å². The highest BCUT2D eigenvalue weighted by atomic mass is 35.5. The Kier molecular flexibility index (Phi) is 3.75. The van der Waals surface area contributed by atoms with Crippen molar-refractivity contribution in [1.29, 1.82) is 0 Å². The van der Waals surface area contributed by atoms with E-state index in [2.05, 4.69) is 10.2 Å². The Labute approximate surface area is 117 Å². The van der Waals surface area contributed by atoms with Crippen LogP contribution in [0.4, 0.5) is 0 Å². The fourth-order valence-electron chi connectivity index (χ4n) is 2.20. The van der Waals surface area contributed by atoms with Crippen molar-refractivity contribution in [2.45, 2.75) is 40.8 Å². The van der Waals surface area contributed by atoms with E-state index in [4.69, 9.17) is 11.6 Å². The summed E-state index contributed by atoms with van der Waals surface area (Å²) >= 11 is 6.28. The molecule has 0 aliphatic rings. The zero-order valence-electron chi connectivity index (χ0n) is 11.6. The summed E-state index contributed by atoms with van der Waals surface area (Å²) < 4.78 is 3.67. The van der Waals surface area contributed by atoms with E-state index in [1.54, 1.807) is 4.68 Å². The minimum Gasteiger partial charge on any atom is -0.298 e. The maximum Gasteiger partial charge on any atom is 0.153 e. The number of carbonyl (C=O) groups is 1. The van der Waals surface area contributed by atoms with E-state index in [-0.39, 0.29) is 0 Å². The summed E-state index contributed by atoms with van der Waals surface area (Å²) in [5.74, 6) is 0. The second-order valence-electron chi connectivity index (χ2n) is 4.52. The molecule has 0 saturated carbocycles. The van der Waals surface area contributed by atoms with Gasteiger partial charge in [0.15, 0.2) is 6.29 Å². The van der Waals surface area contributed by atoms with Gasteiger partial charge in [0.25, 0.3) is 0 Å². The fourth-order valence-corrected chi connectivity index (χ4v) is 2.39. The maximum absolute atomic E-state index is 11.0. The molecule has 0 N–H and O–H groups in total. The second-order valence-corrected chi connectivity index (χ2v) is 4.90. The van der Waals surface area contributed by atoms with Crippen LogP contribution < -0.4 is 0 Å². The first-order valence-electron chi connectivity index (χ1n) is 6.20. The number of carbonyl (C=O) groups excluding carboxylic acids is 1. The van der Waals surface area contributed by atoms with Crippen LogP contribution in [0, 0.1) is 20.8 Å². The van der Waals surface area contributed by atoms with Gasteiger partial charge in [0.2, 0.25) is 0 Å². The molecule has 0 unspecified atom stereocenters. The smallest absolute Gasteiger partial charge is 0.153 e. The van der Waals surface area contributed by atoms with E-state index in [1.165, 1.54) is 0 Å². The monoisotopic (exact) mass is 280 g/mol. The fraction of sp³-hybridized carbons (Fsp3) is 0.462. The van der Waals surface area contributed by atoms with Crippen molar-refractivity contribution in [2.75, 3.05) is 0 Å². The molecular formula is C13H17ClN4O. The van der Waals surface area contributed by atoms with Crippen LogP contribution in [-0.4, -0.2) is 25.8 Å². The first-order valence-corrected chi connectivity index (χ1v) is 6.58. The molecule has 0 atom stereocenters. The lowest BCUT2D eigenvalue weighted by Gasteiger charge is -2.07. The Hall–Kier alpha value is -1.62. The first kappa shape index (κ1) is 13.8. The Morgan fingerprint density at radius 2 is 1.79 bits per heavy atom. The van der Waals surface area contributed by atoms with E-state index in [9.17, 15) is 4.79 Å². The number of nitrogens with zero attached hydrogens (tertiary/aromatic N) is 4.